The molecule has 0 bridgehead atoms. The first kappa shape index (κ1) is 12.9. The third-order valence-corrected chi connectivity index (χ3v) is 4.19. The number of carbonyl (C=O) groups excluding carboxylic acids is 1. The molecular weight excluding hydrogens is 238 g/mol. The quantitative estimate of drug-likeness (QED) is 0.763. The van der Waals surface area contributed by atoms with Crippen LogP contribution in [-0.4, -0.2) is 23.6 Å². The van der Waals surface area contributed by atoms with Gasteiger partial charge in [-0.2, -0.15) is 0 Å². The lowest BCUT2D eigenvalue weighted by molar-refractivity contribution is 0.0905. The van der Waals surface area contributed by atoms with Crippen LogP contribution in [0.25, 0.3) is 0 Å². The van der Waals surface area contributed by atoms with Crippen LogP contribution < -0.4 is 0 Å². The SMILES string of the molecule is CC1(C)CC(=O)c2ccn(CCOCC3CC3)c2C1. The average molecular weight is 261 g/mol. The summed E-state index contributed by atoms with van der Waals surface area (Å²) in [4.78, 5) is 12.1. The molecule has 0 atom stereocenters. The summed E-state index contributed by atoms with van der Waals surface area (Å²) < 4.78 is 7.90. The van der Waals surface area contributed by atoms with Gasteiger partial charge in [-0.25, -0.2) is 0 Å². The minimum absolute atomic E-state index is 0.0923. The van der Waals surface area contributed by atoms with Crippen LogP contribution in [-0.2, 0) is 17.7 Å². The monoisotopic (exact) mass is 261 g/mol. The minimum atomic E-state index is 0.0923. The van der Waals surface area contributed by atoms with Gasteiger partial charge in [-0.3, -0.25) is 4.79 Å². The van der Waals surface area contributed by atoms with Crippen LogP contribution in [0.5, 0.6) is 0 Å². The van der Waals surface area contributed by atoms with Crippen LogP contribution >= 0.6 is 0 Å². The third kappa shape index (κ3) is 2.92. The van der Waals surface area contributed by atoms with Crippen LogP contribution in [0.15, 0.2) is 12.3 Å². The summed E-state index contributed by atoms with van der Waals surface area (Å²) in [6.07, 6.45) is 6.37. The molecule has 1 fully saturated rings. The molecule has 104 valence electrons. The fraction of sp³-hybridized carbons (Fsp3) is 0.688. The van der Waals surface area contributed by atoms with Gasteiger partial charge in [-0.05, 0) is 36.7 Å². The zero-order valence-electron chi connectivity index (χ0n) is 11.9. The van der Waals surface area contributed by atoms with E-state index >= 15 is 0 Å². The molecule has 0 saturated heterocycles. The van der Waals surface area contributed by atoms with Crippen molar-refractivity contribution in [1.82, 2.24) is 4.57 Å². The highest BCUT2D eigenvalue weighted by Gasteiger charge is 2.32. The van der Waals surface area contributed by atoms with Crippen molar-refractivity contribution in [2.75, 3.05) is 13.2 Å². The second-order valence-corrected chi connectivity index (χ2v) is 6.83. The Morgan fingerprint density at radius 3 is 2.89 bits per heavy atom. The number of ether oxygens (including phenoxy) is 1. The van der Waals surface area contributed by atoms with Gasteiger partial charge >= 0.3 is 0 Å². The Morgan fingerprint density at radius 2 is 2.16 bits per heavy atom. The van der Waals surface area contributed by atoms with Crippen molar-refractivity contribution in [2.24, 2.45) is 11.3 Å². The predicted molar refractivity (Wildman–Crippen MR) is 74.4 cm³/mol. The summed E-state index contributed by atoms with van der Waals surface area (Å²) in [5.74, 6) is 1.11. The fourth-order valence-corrected chi connectivity index (χ4v) is 2.91. The van der Waals surface area contributed by atoms with E-state index in [1.54, 1.807) is 0 Å². The molecule has 1 heterocycles. The van der Waals surface area contributed by atoms with Crippen molar-refractivity contribution >= 4 is 5.78 Å². The molecule has 0 N–H and O–H groups in total. The van der Waals surface area contributed by atoms with Crippen LogP contribution in [0.4, 0.5) is 0 Å². The summed E-state index contributed by atoms with van der Waals surface area (Å²) in [6.45, 7) is 6.88. The van der Waals surface area contributed by atoms with E-state index in [2.05, 4.69) is 18.4 Å². The van der Waals surface area contributed by atoms with Crippen LogP contribution in [0.2, 0.25) is 0 Å². The molecule has 1 aromatic rings. The molecule has 0 aromatic carbocycles. The van der Waals surface area contributed by atoms with Crippen molar-refractivity contribution in [3.8, 4) is 0 Å². The molecule has 3 heteroatoms. The van der Waals surface area contributed by atoms with Crippen LogP contribution in [0.3, 0.4) is 0 Å². The summed E-state index contributed by atoms with van der Waals surface area (Å²) >= 11 is 0. The lowest BCUT2D eigenvalue weighted by Crippen LogP contribution is -2.28. The number of fused-ring (bicyclic) bond motifs is 1. The Balaban J connectivity index is 1.64. The van der Waals surface area contributed by atoms with Gasteiger partial charge in [0.1, 0.15) is 0 Å². The maximum absolute atomic E-state index is 12.1. The van der Waals surface area contributed by atoms with Crippen molar-refractivity contribution < 1.29 is 9.53 Å². The number of aromatic nitrogens is 1. The second-order valence-electron chi connectivity index (χ2n) is 6.83. The fourth-order valence-electron chi connectivity index (χ4n) is 2.91. The van der Waals surface area contributed by atoms with Crippen LogP contribution in [0, 0.1) is 11.3 Å². The molecule has 0 aliphatic heterocycles. The molecule has 0 unspecified atom stereocenters. The van der Waals surface area contributed by atoms with Crippen molar-refractivity contribution in [3.05, 3.63) is 23.5 Å². The van der Waals surface area contributed by atoms with Gasteiger partial charge in [0.05, 0.1) is 6.61 Å². The Bertz CT molecular complexity index is 483. The molecule has 3 rings (SSSR count). The molecule has 0 amide bonds. The molecular formula is C16H23NO2. The predicted octanol–water partition coefficient (Wildman–Crippen LogP) is 3.07. The molecule has 0 radical (unpaired) electrons. The van der Waals surface area contributed by atoms with Gasteiger partial charge in [0, 0.05) is 37.0 Å². The van der Waals surface area contributed by atoms with Crippen LogP contribution in [0.1, 0.15) is 49.2 Å². The number of nitrogens with zero attached hydrogens (tertiary/aromatic N) is 1. The average Bonchev–Trinajstić information content (AvgIpc) is 3.05. The molecule has 1 saturated carbocycles. The van der Waals surface area contributed by atoms with Gasteiger partial charge in [0.25, 0.3) is 0 Å². The second kappa shape index (κ2) is 4.78. The Kier molecular flexibility index (Phi) is 3.25. The molecule has 3 nitrogen and oxygen atoms in total. The van der Waals surface area contributed by atoms with Gasteiger partial charge in [0.2, 0.25) is 0 Å². The van der Waals surface area contributed by atoms with E-state index in [1.807, 2.05) is 12.3 Å². The smallest absolute Gasteiger partial charge is 0.165 e. The summed E-state index contributed by atoms with van der Waals surface area (Å²) in [6, 6.07) is 1.98. The number of rotatable bonds is 5. The molecule has 19 heavy (non-hydrogen) atoms. The molecule has 2 aliphatic rings. The van der Waals surface area contributed by atoms with Gasteiger partial charge in [-0.15, -0.1) is 0 Å². The largest absolute Gasteiger partial charge is 0.379 e. The highest BCUT2D eigenvalue weighted by Crippen LogP contribution is 2.35. The zero-order chi connectivity index (χ0) is 13.5. The van der Waals surface area contributed by atoms with Crippen molar-refractivity contribution in [1.29, 1.82) is 0 Å². The van der Waals surface area contributed by atoms with E-state index in [0.717, 1.165) is 37.7 Å². The lowest BCUT2D eigenvalue weighted by atomic mass is 9.76. The van der Waals surface area contributed by atoms with Gasteiger partial charge in [0.15, 0.2) is 5.78 Å². The summed E-state index contributed by atoms with van der Waals surface area (Å²) in [5.41, 5.74) is 2.23. The third-order valence-electron chi connectivity index (χ3n) is 4.19. The maximum atomic E-state index is 12.1. The number of carbonyl (C=O) groups is 1. The standard InChI is InChI=1S/C16H23NO2/c1-16(2)9-14-13(15(18)10-16)5-6-17(14)7-8-19-11-12-3-4-12/h5-6,12H,3-4,7-11H2,1-2H3. The Morgan fingerprint density at radius 1 is 1.37 bits per heavy atom. The van der Waals surface area contributed by atoms with Crippen molar-refractivity contribution in [2.45, 2.75) is 46.1 Å². The lowest BCUT2D eigenvalue weighted by Gasteiger charge is -2.29. The maximum Gasteiger partial charge on any atom is 0.165 e. The number of hydrogen-bond donors (Lipinski definition) is 0. The topological polar surface area (TPSA) is 31.2 Å². The van der Waals surface area contributed by atoms with E-state index in [-0.39, 0.29) is 5.41 Å². The van der Waals surface area contributed by atoms with E-state index in [1.165, 1.54) is 18.5 Å². The Labute approximate surface area is 114 Å². The Hall–Kier alpha value is -1.09. The van der Waals surface area contributed by atoms with E-state index in [4.69, 9.17) is 4.74 Å². The van der Waals surface area contributed by atoms with Crippen molar-refractivity contribution in [3.63, 3.8) is 0 Å². The van der Waals surface area contributed by atoms with Gasteiger partial charge in [-0.1, -0.05) is 13.8 Å². The first-order valence-electron chi connectivity index (χ1n) is 7.34. The zero-order valence-corrected chi connectivity index (χ0v) is 11.9. The van der Waals surface area contributed by atoms with Gasteiger partial charge < -0.3 is 9.30 Å². The van der Waals surface area contributed by atoms with E-state index < -0.39 is 0 Å². The number of Topliss-reactive ketones (excluding diaryl/α,β-unsaturated/α-hetero) is 1. The van der Waals surface area contributed by atoms with E-state index in [9.17, 15) is 4.79 Å². The highest BCUT2D eigenvalue weighted by atomic mass is 16.5. The highest BCUT2D eigenvalue weighted by molar-refractivity contribution is 5.98. The molecule has 0 spiro atoms. The first-order valence-corrected chi connectivity index (χ1v) is 7.34. The van der Waals surface area contributed by atoms with E-state index in [0.29, 0.717) is 12.2 Å². The summed E-state index contributed by atoms with van der Waals surface area (Å²) in [7, 11) is 0. The minimum Gasteiger partial charge on any atom is -0.379 e. The summed E-state index contributed by atoms with van der Waals surface area (Å²) in [5, 5.41) is 0. The number of ketones is 1. The molecule has 2 aliphatic carbocycles. The number of hydrogen-bond acceptors (Lipinski definition) is 2. The molecule has 1 aromatic heterocycles. The first-order chi connectivity index (χ1) is 9.05. The normalized spacial score (nSPS) is 21.5.